The molecular weight excluding hydrogens is 412 g/mol. The highest BCUT2D eigenvalue weighted by atomic mass is 79.9. The molecule has 2 aliphatic heterocycles. The maximum absolute atomic E-state index is 12.3. The quantitative estimate of drug-likeness (QED) is 0.675. The smallest absolute Gasteiger partial charge is 0.338 e. The molecule has 0 bridgehead atoms. The topological polar surface area (TPSA) is 54.0 Å². The number of esters is 1. The molecule has 2 fully saturated rings. The van der Waals surface area contributed by atoms with Crippen LogP contribution in [-0.4, -0.2) is 36.7 Å². The maximum atomic E-state index is 12.3. The number of fused-ring (bicyclic) bond motifs is 1. The Bertz CT molecular complexity index is 805. The molecule has 27 heavy (non-hydrogen) atoms. The Morgan fingerprint density at radius 2 is 1.70 bits per heavy atom. The minimum Gasteiger partial charge on any atom is -0.459 e. The van der Waals surface area contributed by atoms with E-state index in [0.29, 0.717) is 5.56 Å². The van der Waals surface area contributed by atoms with E-state index in [2.05, 4.69) is 15.9 Å². The van der Waals surface area contributed by atoms with Crippen molar-refractivity contribution in [3.8, 4) is 0 Å². The van der Waals surface area contributed by atoms with Crippen molar-refractivity contribution >= 4 is 21.9 Å². The lowest BCUT2D eigenvalue weighted by Crippen LogP contribution is -2.33. The third-order valence-corrected chi connectivity index (χ3v) is 5.27. The van der Waals surface area contributed by atoms with E-state index in [1.165, 1.54) is 0 Å². The largest absolute Gasteiger partial charge is 0.459 e. The van der Waals surface area contributed by atoms with Crippen LogP contribution in [0.1, 0.15) is 35.9 Å². The van der Waals surface area contributed by atoms with Crippen LogP contribution in [0, 0.1) is 0 Å². The van der Waals surface area contributed by atoms with Gasteiger partial charge in [0.25, 0.3) is 0 Å². The van der Waals surface area contributed by atoms with Crippen LogP contribution in [0.15, 0.2) is 59.1 Å². The molecule has 2 aromatic carbocycles. The lowest BCUT2D eigenvalue weighted by molar-refractivity contribution is -0.191. The number of halogens is 1. The third-order valence-electron chi connectivity index (χ3n) is 4.74. The zero-order valence-electron chi connectivity index (χ0n) is 15.1. The van der Waals surface area contributed by atoms with Gasteiger partial charge in [0.2, 0.25) is 0 Å². The number of carbonyl (C=O) groups excluding carboxylic acids is 1. The van der Waals surface area contributed by atoms with E-state index < -0.39 is 11.9 Å². The van der Waals surface area contributed by atoms with Crippen LogP contribution in [0.3, 0.4) is 0 Å². The Kier molecular flexibility index (Phi) is 5.07. The summed E-state index contributed by atoms with van der Waals surface area (Å²) in [5, 5.41) is 0. The summed E-state index contributed by atoms with van der Waals surface area (Å²) in [5.74, 6) is -1.07. The maximum Gasteiger partial charge on any atom is 0.338 e. The lowest BCUT2D eigenvalue weighted by Gasteiger charge is -2.24. The Labute approximate surface area is 166 Å². The Balaban J connectivity index is 1.49. The van der Waals surface area contributed by atoms with Gasteiger partial charge in [-0.2, -0.15) is 0 Å². The minimum atomic E-state index is -0.700. The molecule has 2 saturated heterocycles. The predicted octanol–water partition coefficient (Wildman–Crippen LogP) is 4.27. The van der Waals surface area contributed by atoms with E-state index >= 15 is 0 Å². The van der Waals surface area contributed by atoms with Gasteiger partial charge in [-0.05, 0) is 43.7 Å². The van der Waals surface area contributed by atoms with E-state index in [4.69, 9.17) is 18.9 Å². The first-order valence-electron chi connectivity index (χ1n) is 8.92. The van der Waals surface area contributed by atoms with E-state index in [-0.39, 0.29) is 30.9 Å². The van der Waals surface area contributed by atoms with Gasteiger partial charge in [0, 0.05) is 4.47 Å². The normalized spacial score (nSPS) is 28.7. The second-order valence-electron chi connectivity index (χ2n) is 7.18. The van der Waals surface area contributed by atoms with Crippen LogP contribution >= 0.6 is 15.9 Å². The van der Waals surface area contributed by atoms with Gasteiger partial charge in [0.05, 0.1) is 5.56 Å². The predicted molar refractivity (Wildman–Crippen MR) is 102 cm³/mol. The minimum absolute atomic E-state index is 0.112. The fourth-order valence-electron chi connectivity index (χ4n) is 3.55. The van der Waals surface area contributed by atoms with Crippen LogP contribution in [0.25, 0.3) is 0 Å². The van der Waals surface area contributed by atoms with Gasteiger partial charge >= 0.3 is 5.97 Å². The van der Waals surface area contributed by atoms with E-state index in [1.807, 2.05) is 44.2 Å². The summed E-state index contributed by atoms with van der Waals surface area (Å²) in [6, 6.07) is 16.9. The molecule has 0 unspecified atom stereocenters. The Hall–Kier alpha value is -1.73. The highest BCUT2D eigenvalue weighted by Gasteiger charge is 2.55. The molecule has 2 aliphatic rings. The Morgan fingerprint density at radius 1 is 1.04 bits per heavy atom. The van der Waals surface area contributed by atoms with Crippen molar-refractivity contribution in [2.75, 3.05) is 6.61 Å². The lowest BCUT2D eigenvalue weighted by atomic mass is 10.0. The summed E-state index contributed by atoms with van der Waals surface area (Å²) >= 11 is 3.45. The molecule has 0 N–H and O–H groups in total. The molecule has 142 valence electrons. The van der Waals surface area contributed by atoms with Crippen LogP contribution in [-0.2, 0) is 18.9 Å². The van der Waals surface area contributed by atoms with Crippen molar-refractivity contribution < 1.29 is 23.7 Å². The van der Waals surface area contributed by atoms with Gasteiger partial charge in [-0.1, -0.05) is 46.3 Å². The first-order valence-corrected chi connectivity index (χ1v) is 9.71. The molecule has 0 aromatic heterocycles. The van der Waals surface area contributed by atoms with Gasteiger partial charge in [-0.15, -0.1) is 0 Å². The van der Waals surface area contributed by atoms with Gasteiger partial charge in [0.1, 0.15) is 31.0 Å². The van der Waals surface area contributed by atoms with Crippen molar-refractivity contribution in [3.63, 3.8) is 0 Å². The third kappa shape index (κ3) is 3.94. The molecule has 0 spiro atoms. The standard InChI is InChI=1S/C21H21BrO5/c1-21(2)26-18-16(12-24-20(23)14-6-4-3-5-7-14)25-17(19(18)27-21)13-8-10-15(22)11-9-13/h3-11,16-19H,12H2,1-2H3/t16-,17+,18-,19+/m1/s1. The molecule has 2 heterocycles. The average molecular weight is 433 g/mol. The van der Waals surface area contributed by atoms with Crippen LogP contribution in [0.4, 0.5) is 0 Å². The molecule has 4 atom stereocenters. The highest BCUT2D eigenvalue weighted by molar-refractivity contribution is 9.10. The van der Waals surface area contributed by atoms with Gasteiger partial charge in [-0.3, -0.25) is 0 Å². The molecule has 4 rings (SSSR count). The number of rotatable bonds is 4. The summed E-state index contributed by atoms with van der Waals surface area (Å²) in [6.07, 6.45) is -1.21. The van der Waals surface area contributed by atoms with Crippen molar-refractivity contribution in [3.05, 3.63) is 70.2 Å². The van der Waals surface area contributed by atoms with E-state index in [0.717, 1.165) is 10.0 Å². The summed E-state index contributed by atoms with van der Waals surface area (Å²) in [4.78, 5) is 12.3. The molecule has 6 heteroatoms. The molecular formula is C21H21BrO5. The van der Waals surface area contributed by atoms with Crippen LogP contribution in [0.2, 0.25) is 0 Å². The zero-order chi connectivity index (χ0) is 19.0. The second-order valence-corrected chi connectivity index (χ2v) is 8.09. The Morgan fingerprint density at radius 3 is 2.41 bits per heavy atom. The fraction of sp³-hybridized carbons (Fsp3) is 0.381. The van der Waals surface area contributed by atoms with Crippen LogP contribution in [0.5, 0.6) is 0 Å². The average Bonchev–Trinajstić information content (AvgIpc) is 3.14. The SMILES string of the molecule is CC1(C)O[C@@H]2[C@H](O1)[C@@H](COC(=O)c1ccccc1)O[C@H]2c1ccc(Br)cc1. The number of ether oxygens (including phenoxy) is 4. The molecule has 5 nitrogen and oxygen atoms in total. The van der Waals surface area contributed by atoms with Crippen molar-refractivity contribution in [1.82, 2.24) is 0 Å². The fourth-order valence-corrected chi connectivity index (χ4v) is 3.82. The molecule has 0 aliphatic carbocycles. The highest BCUT2D eigenvalue weighted by Crippen LogP contribution is 2.45. The number of hydrogen-bond acceptors (Lipinski definition) is 5. The summed E-state index contributed by atoms with van der Waals surface area (Å²) in [6.45, 7) is 3.88. The van der Waals surface area contributed by atoms with Crippen molar-refractivity contribution in [2.45, 2.75) is 44.1 Å². The van der Waals surface area contributed by atoms with Crippen LogP contribution < -0.4 is 0 Å². The number of benzene rings is 2. The number of hydrogen-bond donors (Lipinski definition) is 0. The van der Waals surface area contributed by atoms with Gasteiger partial charge in [0.15, 0.2) is 5.79 Å². The monoisotopic (exact) mass is 432 g/mol. The summed E-state index contributed by atoms with van der Waals surface area (Å²) in [7, 11) is 0. The van der Waals surface area contributed by atoms with Gasteiger partial charge < -0.3 is 18.9 Å². The van der Waals surface area contributed by atoms with E-state index in [1.54, 1.807) is 24.3 Å². The molecule has 2 aromatic rings. The molecule has 0 saturated carbocycles. The number of carbonyl (C=O) groups is 1. The van der Waals surface area contributed by atoms with Crippen molar-refractivity contribution in [2.24, 2.45) is 0 Å². The summed E-state index contributed by atoms with van der Waals surface area (Å²) < 4.78 is 24.8. The second kappa shape index (κ2) is 7.36. The first-order chi connectivity index (χ1) is 12.9. The zero-order valence-corrected chi connectivity index (χ0v) is 16.7. The molecule has 0 radical (unpaired) electrons. The molecule has 0 amide bonds. The summed E-state index contributed by atoms with van der Waals surface area (Å²) in [5.41, 5.74) is 1.52. The first kappa shape index (κ1) is 18.6. The van der Waals surface area contributed by atoms with Gasteiger partial charge in [-0.25, -0.2) is 4.79 Å². The van der Waals surface area contributed by atoms with E-state index in [9.17, 15) is 4.79 Å². The van der Waals surface area contributed by atoms with Crippen molar-refractivity contribution in [1.29, 1.82) is 0 Å².